The number of hydrogen-bond acceptors (Lipinski definition) is 4. The van der Waals surface area contributed by atoms with Gasteiger partial charge in [-0.3, -0.25) is 4.79 Å². The van der Waals surface area contributed by atoms with E-state index in [1.54, 1.807) is 6.92 Å². The lowest BCUT2D eigenvalue weighted by atomic mass is 10.0. The first-order valence-corrected chi connectivity index (χ1v) is 4.13. The Bertz CT molecular complexity index is 164. The van der Waals surface area contributed by atoms with E-state index in [2.05, 4.69) is 0 Å². The largest absolute Gasteiger partial charge is 0.462 e. The van der Waals surface area contributed by atoms with Crippen molar-refractivity contribution in [1.82, 2.24) is 0 Å². The van der Waals surface area contributed by atoms with Crippen LogP contribution in [-0.2, 0) is 9.53 Å². The summed E-state index contributed by atoms with van der Waals surface area (Å²) >= 11 is 0. The fourth-order valence-corrected chi connectivity index (χ4v) is 1.39. The van der Waals surface area contributed by atoms with Gasteiger partial charge in [0, 0.05) is 12.8 Å². The van der Waals surface area contributed by atoms with Gasteiger partial charge < -0.3 is 14.9 Å². The average molecular weight is 174 g/mol. The zero-order chi connectivity index (χ0) is 9.14. The number of carbonyl (C=O) groups is 1. The molecule has 0 aromatic rings. The lowest BCUT2D eigenvalue weighted by Crippen LogP contribution is -2.34. The third-order valence-corrected chi connectivity index (χ3v) is 1.84. The van der Waals surface area contributed by atoms with E-state index in [0.717, 1.165) is 0 Å². The molecule has 0 unspecified atom stereocenters. The molecule has 1 aliphatic rings. The lowest BCUT2D eigenvalue weighted by molar-refractivity contribution is -0.161. The summed E-state index contributed by atoms with van der Waals surface area (Å²) in [5.41, 5.74) is 0. The molecule has 2 N–H and O–H groups in total. The highest BCUT2D eigenvalue weighted by Gasteiger charge is 2.27. The molecule has 1 aliphatic heterocycles. The van der Waals surface area contributed by atoms with Crippen molar-refractivity contribution in [2.75, 3.05) is 0 Å². The molecule has 0 aliphatic carbocycles. The predicted octanol–water partition coefficient (Wildman–Crippen LogP) is -0.176. The van der Waals surface area contributed by atoms with Crippen molar-refractivity contribution in [2.24, 2.45) is 0 Å². The number of cyclic esters (lactones) is 1. The quantitative estimate of drug-likeness (QED) is 0.570. The molecule has 0 spiro atoms. The van der Waals surface area contributed by atoms with E-state index < -0.39 is 12.2 Å². The van der Waals surface area contributed by atoms with Crippen molar-refractivity contribution in [3.63, 3.8) is 0 Å². The second-order valence-electron chi connectivity index (χ2n) is 3.29. The Morgan fingerprint density at radius 1 is 1.75 bits per heavy atom. The number of carbonyl (C=O) groups excluding carboxylic acids is 1. The molecule has 0 aromatic carbocycles. The molecule has 0 amide bonds. The zero-order valence-electron chi connectivity index (χ0n) is 7.06. The Kier molecular flexibility index (Phi) is 3.05. The van der Waals surface area contributed by atoms with E-state index in [-0.39, 0.29) is 18.5 Å². The molecule has 0 aromatic heterocycles. The maximum absolute atomic E-state index is 10.8. The van der Waals surface area contributed by atoms with Gasteiger partial charge >= 0.3 is 5.97 Å². The van der Waals surface area contributed by atoms with Crippen LogP contribution in [0.25, 0.3) is 0 Å². The van der Waals surface area contributed by atoms with E-state index in [4.69, 9.17) is 9.84 Å². The number of rotatable bonds is 2. The molecule has 0 saturated carbocycles. The summed E-state index contributed by atoms with van der Waals surface area (Å²) in [6.07, 6.45) is -0.486. The van der Waals surface area contributed by atoms with Crippen LogP contribution in [0.4, 0.5) is 0 Å². The summed E-state index contributed by atoms with van der Waals surface area (Å²) in [5, 5.41) is 18.2. The molecule has 4 heteroatoms. The van der Waals surface area contributed by atoms with Crippen LogP contribution in [0.15, 0.2) is 0 Å². The van der Waals surface area contributed by atoms with Crippen molar-refractivity contribution >= 4 is 5.97 Å². The topological polar surface area (TPSA) is 66.8 Å². The first-order chi connectivity index (χ1) is 5.58. The summed E-state index contributed by atoms with van der Waals surface area (Å²) in [6.45, 7) is 1.63. The normalized spacial score (nSPS) is 32.8. The van der Waals surface area contributed by atoms with Crippen molar-refractivity contribution < 1.29 is 19.7 Å². The predicted molar refractivity (Wildman–Crippen MR) is 41.4 cm³/mol. The van der Waals surface area contributed by atoms with Crippen LogP contribution in [0.5, 0.6) is 0 Å². The maximum Gasteiger partial charge on any atom is 0.308 e. The van der Waals surface area contributed by atoms with Crippen molar-refractivity contribution in [3.8, 4) is 0 Å². The fraction of sp³-hybridized carbons (Fsp3) is 0.875. The average Bonchev–Trinajstić information content (AvgIpc) is 1.81. The van der Waals surface area contributed by atoms with E-state index in [1.807, 2.05) is 0 Å². The first kappa shape index (κ1) is 9.48. The maximum atomic E-state index is 10.8. The van der Waals surface area contributed by atoms with Crippen molar-refractivity contribution in [3.05, 3.63) is 0 Å². The van der Waals surface area contributed by atoms with E-state index in [1.165, 1.54) is 0 Å². The smallest absolute Gasteiger partial charge is 0.308 e. The summed E-state index contributed by atoms with van der Waals surface area (Å²) in [4.78, 5) is 10.8. The molecule has 4 nitrogen and oxygen atoms in total. The van der Waals surface area contributed by atoms with Crippen LogP contribution >= 0.6 is 0 Å². The molecule has 1 fully saturated rings. The monoisotopic (exact) mass is 174 g/mol. The number of esters is 1. The number of aliphatic hydroxyl groups excluding tert-OH is 2. The van der Waals surface area contributed by atoms with Crippen LogP contribution in [0.3, 0.4) is 0 Å². The van der Waals surface area contributed by atoms with Gasteiger partial charge in [-0.25, -0.2) is 0 Å². The molecule has 0 bridgehead atoms. The van der Waals surface area contributed by atoms with E-state index >= 15 is 0 Å². The molecule has 1 saturated heterocycles. The summed E-state index contributed by atoms with van der Waals surface area (Å²) < 4.78 is 4.91. The van der Waals surface area contributed by atoms with Crippen LogP contribution < -0.4 is 0 Å². The third-order valence-electron chi connectivity index (χ3n) is 1.84. The Morgan fingerprint density at radius 2 is 2.42 bits per heavy atom. The fourth-order valence-electron chi connectivity index (χ4n) is 1.39. The molecule has 3 atom stereocenters. The van der Waals surface area contributed by atoms with Gasteiger partial charge in [0.2, 0.25) is 0 Å². The van der Waals surface area contributed by atoms with Crippen LogP contribution in [0.1, 0.15) is 26.2 Å². The Labute approximate surface area is 71.2 Å². The Hall–Kier alpha value is -0.610. The van der Waals surface area contributed by atoms with Crippen LogP contribution in [-0.4, -0.2) is 34.5 Å². The minimum atomic E-state index is -0.602. The van der Waals surface area contributed by atoms with Crippen molar-refractivity contribution in [2.45, 2.75) is 44.5 Å². The number of aliphatic hydroxyl groups is 2. The van der Waals surface area contributed by atoms with Crippen molar-refractivity contribution in [1.29, 1.82) is 0 Å². The minimum Gasteiger partial charge on any atom is -0.462 e. The number of hydrogen-bond donors (Lipinski definition) is 2. The second-order valence-corrected chi connectivity index (χ2v) is 3.29. The lowest BCUT2D eigenvalue weighted by Gasteiger charge is -2.26. The number of ether oxygens (including phenoxy) is 1. The Morgan fingerprint density at radius 3 is 2.92 bits per heavy atom. The van der Waals surface area contributed by atoms with Crippen LogP contribution in [0, 0.1) is 0 Å². The highest BCUT2D eigenvalue weighted by Crippen LogP contribution is 2.18. The Balaban J connectivity index is 2.39. The summed E-state index contributed by atoms with van der Waals surface area (Å²) in [5.74, 6) is -0.376. The minimum absolute atomic E-state index is 0.0797. The second kappa shape index (κ2) is 3.87. The van der Waals surface area contributed by atoms with Gasteiger partial charge in [0.05, 0.1) is 18.6 Å². The van der Waals surface area contributed by atoms with Gasteiger partial charge in [0.1, 0.15) is 6.10 Å². The molecule has 70 valence electrons. The van der Waals surface area contributed by atoms with E-state index in [0.29, 0.717) is 12.8 Å². The molecular weight excluding hydrogens is 160 g/mol. The highest BCUT2D eigenvalue weighted by molar-refractivity contribution is 5.70. The molecular formula is C8H14O4. The SMILES string of the molecule is C[C@H](O)C[C@H]1C[C@H](O)CC(=O)O1. The molecule has 0 radical (unpaired) electrons. The molecule has 1 heterocycles. The highest BCUT2D eigenvalue weighted by atomic mass is 16.5. The standard InChI is InChI=1S/C8H14O4/c1-5(9)2-7-3-6(10)4-8(11)12-7/h5-7,9-10H,2-4H2,1H3/t5-,6-,7-/m0/s1. The van der Waals surface area contributed by atoms with Crippen LogP contribution in [0.2, 0.25) is 0 Å². The summed E-state index contributed by atoms with van der Waals surface area (Å²) in [7, 11) is 0. The third kappa shape index (κ3) is 2.79. The van der Waals surface area contributed by atoms with Gasteiger partial charge in [-0.05, 0) is 6.92 Å². The summed E-state index contributed by atoms with van der Waals surface area (Å²) in [6, 6.07) is 0. The van der Waals surface area contributed by atoms with Gasteiger partial charge in [-0.2, -0.15) is 0 Å². The van der Waals surface area contributed by atoms with Gasteiger partial charge in [0.25, 0.3) is 0 Å². The van der Waals surface area contributed by atoms with Gasteiger partial charge in [0.15, 0.2) is 0 Å². The van der Waals surface area contributed by atoms with Gasteiger partial charge in [-0.15, -0.1) is 0 Å². The van der Waals surface area contributed by atoms with Gasteiger partial charge in [-0.1, -0.05) is 0 Å². The molecule has 1 rings (SSSR count). The van der Waals surface area contributed by atoms with E-state index in [9.17, 15) is 9.90 Å². The zero-order valence-corrected chi connectivity index (χ0v) is 7.06. The first-order valence-electron chi connectivity index (χ1n) is 4.13. The molecule has 12 heavy (non-hydrogen) atoms.